The lowest BCUT2D eigenvalue weighted by molar-refractivity contribution is 0.375. The van der Waals surface area contributed by atoms with Gasteiger partial charge in [0, 0.05) is 11.1 Å². The highest BCUT2D eigenvalue weighted by atomic mass is 35.5. The van der Waals surface area contributed by atoms with Crippen molar-refractivity contribution in [3.8, 4) is 0 Å². The Hall–Kier alpha value is -2.51. The van der Waals surface area contributed by atoms with Gasteiger partial charge in [0.15, 0.2) is 0 Å². The van der Waals surface area contributed by atoms with Crippen LogP contribution in [0.4, 0.5) is 18.9 Å². The molecule has 0 aliphatic carbocycles. The molecule has 34 heavy (non-hydrogen) atoms. The van der Waals surface area contributed by atoms with Crippen LogP contribution < -0.4 is 4.31 Å². The number of hydrogen-bond acceptors (Lipinski definition) is 2. The molecule has 0 saturated carbocycles. The van der Waals surface area contributed by atoms with Crippen molar-refractivity contribution in [3.63, 3.8) is 0 Å². The van der Waals surface area contributed by atoms with E-state index in [1.54, 1.807) is 13.0 Å². The van der Waals surface area contributed by atoms with E-state index in [2.05, 4.69) is 0 Å². The molecule has 3 aromatic carbocycles. The fourth-order valence-electron chi connectivity index (χ4n) is 3.61. The van der Waals surface area contributed by atoms with Crippen molar-refractivity contribution in [2.24, 2.45) is 5.41 Å². The van der Waals surface area contributed by atoms with E-state index in [4.69, 9.17) is 11.6 Å². The fourth-order valence-corrected chi connectivity index (χ4v) is 5.38. The molecule has 0 heterocycles. The normalized spacial score (nSPS) is 13.1. The Kier molecular flexibility index (Phi) is 7.68. The first kappa shape index (κ1) is 26.1. The van der Waals surface area contributed by atoms with Crippen molar-refractivity contribution < 1.29 is 21.6 Å². The first-order valence-electron chi connectivity index (χ1n) is 10.8. The van der Waals surface area contributed by atoms with Gasteiger partial charge < -0.3 is 0 Å². The van der Waals surface area contributed by atoms with Gasteiger partial charge >= 0.3 is 0 Å². The van der Waals surface area contributed by atoms with E-state index < -0.39 is 39.2 Å². The zero-order valence-electron chi connectivity index (χ0n) is 19.4. The number of aryl methyl sites for hydroxylation is 1. The largest absolute Gasteiger partial charge is 0.264 e. The topological polar surface area (TPSA) is 37.4 Å². The van der Waals surface area contributed by atoms with Crippen LogP contribution >= 0.6 is 11.6 Å². The van der Waals surface area contributed by atoms with E-state index in [1.807, 2.05) is 20.8 Å². The Balaban J connectivity index is 2.14. The van der Waals surface area contributed by atoms with E-state index in [9.17, 15) is 21.6 Å². The zero-order chi connectivity index (χ0) is 25.3. The maximum absolute atomic E-state index is 14.8. The van der Waals surface area contributed by atoms with Gasteiger partial charge in [-0.2, -0.15) is 0 Å². The molecular weight excluding hydrogens is 483 g/mol. The van der Waals surface area contributed by atoms with Crippen LogP contribution in [0.25, 0.3) is 0 Å². The monoisotopic (exact) mass is 509 g/mol. The van der Waals surface area contributed by atoms with E-state index in [-0.39, 0.29) is 10.3 Å². The molecule has 0 radical (unpaired) electrons. The SMILES string of the molecule is C[C@H](c1ccc(F)c(CCC(C)(C)C)c1)N(c1cc(F)ccc1F)S(=O)(=O)c1ccc(Cl)cc1. The molecular formula is C26H27ClF3NO2S. The summed E-state index contributed by atoms with van der Waals surface area (Å²) in [6.45, 7) is 7.69. The molecule has 0 unspecified atom stereocenters. The lowest BCUT2D eigenvalue weighted by Gasteiger charge is -2.31. The molecule has 3 rings (SSSR count). The smallest absolute Gasteiger partial charge is 0.256 e. The Morgan fingerprint density at radius 3 is 2.15 bits per heavy atom. The van der Waals surface area contributed by atoms with Crippen molar-refractivity contribution in [2.75, 3.05) is 4.31 Å². The minimum absolute atomic E-state index is 0.0251. The summed E-state index contributed by atoms with van der Waals surface area (Å²) in [5.41, 5.74) is 0.417. The molecule has 182 valence electrons. The van der Waals surface area contributed by atoms with Gasteiger partial charge in [0.1, 0.15) is 17.5 Å². The minimum Gasteiger partial charge on any atom is -0.256 e. The number of anilines is 1. The maximum Gasteiger partial charge on any atom is 0.264 e. The molecule has 0 N–H and O–H groups in total. The van der Waals surface area contributed by atoms with Gasteiger partial charge in [0.25, 0.3) is 10.0 Å². The number of rotatable bonds is 7. The third kappa shape index (κ3) is 5.94. The summed E-state index contributed by atoms with van der Waals surface area (Å²) < 4.78 is 71.6. The van der Waals surface area contributed by atoms with Crippen LogP contribution in [-0.2, 0) is 16.4 Å². The second-order valence-electron chi connectivity index (χ2n) is 9.44. The van der Waals surface area contributed by atoms with Gasteiger partial charge in [-0.05, 0) is 78.8 Å². The summed E-state index contributed by atoms with van der Waals surface area (Å²) in [5.74, 6) is -2.09. The van der Waals surface area contributed by atoms with Crippen LogP contribution in [0.15, 0.2) is 65.6 Å². The lowest BCUT2D eigenvalue weighted by Crippen LogP contribution is -2.34. The number of nitrogens with zero attached hydrogens (tertiary/aromatic N) is 1. The molecule has 1 atom stereocenters. The van der Waals surface area contributed by atoms with Gasteiger partial charge in [-0.3, -0.25) is 4.31 Å². The maximum atomic E-state index is 14.8. The van der Waals surface area contributed by atoms with Crippen LogP contribution in [0.3, 0.4) is 0 Å². The molecule has 3 nitrogen and oxygen atoms in total. The predicted molar refractivity (Wildman–Crippen MR) is 130 cm³/mol. The summed E-state index contributed by atoms with van der Waals surface area (Å²) in [5, 5.41) is 0.331. The van der Waals surface area contributed by atoms with Crippen molar-refractivity contribution in [3.05, 3.63) is 94.3 Å². The molecule has 0 bridgehead atoms. The van der Waals surface area contributed by atoms with Gasteiger partial charge in [-0.15, -0.1) is 0 Å². The number of sulfonamides is 1. The third-order valence-electron chi connectivity index (χ3n) is 5.56. The second kappa shape index (κ2) is 10.0. The Bertz CT molecular complexity index is 1270. The first-order valence-corrected chi connectivity index (χ1v) is 12.6. The van der Waals surface area contributed by atoms with Crippen LogP contribution in [0.2, 0.25) is 5.02 Å². The molecule has 3 aromatic rings. The first-order chi connectivity index (χ1) is 15.8. The molecule has 0 aromatic heterocycles. The summed E-state index contributed by atoms with van der Waals surface area (Å²) in [4.78, 5) is -0.137. The average molecular weight is 510 g/mol. The molecule has 0 spiro atoms. The molecule has 8 heteroatoms. The molecule has 0 amide bonds. The van der Waals surface area contributed by atoms with Crippen LogP contribution in [-0.4, -0.2) is 8.42 Å². The predicted octanol–water partition coefficient (Wildman–Crippen LogP) is 7.69. The zero-order valence-corrected chi connectivity index (χ0v) is 21.0. The van der Waals surface area contributed by atoms with Gasteiger partial charge in [0.05, 0.1) is 16.6 Å². The molecule has 0 fully saturated rings. The molecule has 0 aliphatic heterocycles. The fraction of sp³-hybridized carbons (Fsp3) is 0.308. The summed E-state index contributed by atoms with van der Waals surface area (Å²) >= 11 is 5.90. The number of halogens is 4. The number of hydrogen-bond donors (Lipinski definition) is 0. The van der Waals surface area contributed by atoms with Gasteiger partial charge in [-0.1, -0.05) is 44.5 Å². The molecule has 0 aliphatic rings. The molecule has 0 saturated heterocycles. The standard InChI is InChI=1S/C26H27ClF3NO2S/c1-17(18-5-11-23(29)19(15-18)13-14-26(2,3)4)31(25-16-21(28)8-12-24(25)30)34(32,33)22-9-6-20(27)7-10-22/h5-12,15-17H,13-14H2,1-4H3/t17-/m1/s1. The van der Waals surface area contributed by atoms with Crippen LogP contribution in [0.5, 0.6) is 0 Å². The average Bonchev–Trinajstić information content (AvgIpc) is 2.75. The van der Waals surface area contributed by atoms with Crippen molar-refractivity contribution in [1.82, 2.24) is 0 Å². The van der Waals surface area contributed by atoms with E-state index in [0.717, 1.165) is 22.5 Å². The third-order valence-corrected chi connectivity index (χ3v) is 7.72. The highest BCUT2D eigenvalue weighted by Gasteiger charge is 2.33. The summed E-state index contributed by atoms with van der Waals surface area (Å²) in [6, 6.07) is 11.4. The highest BCUT2D eigenvalue weighted by Crippen LogP contribution is 2.36. The van der Waals surface area contributed by atoms with Crippen molar-refractivity contribution in [1.29, 1.82) is 0 Å². The van der Waals surface area contributed by atoms with Crippen LogP contribution in [0.1, 0.15) is 51.3 Å². The Morgan fingerprint density at radius 1 is 0.912 bits per heavy atom. The summed E-state index contributed by atoms with van der Waals surface area (Å²) in [7, 11) is -4.34. The minimum atomic E-state index is -4.34. The van der Waals surface area contributed by atoms with Crippen LogP contribution in [0, 0.1) is 22.9 Å². The second-order valence-corrected chi connectivity index (χ2v) is 11.7. The van der Waals surface area contributed by atoms with E-state index in [1.165, 1.54) is 36.4 Å². The number of benzene rings is 3. The van der Waals surface area contributed by atoms with Crippen molar-refractivity contribution >= 4 is 27.3 Å². The quantitative estimate of drug-likeness (QED) is 0.327. The van der Waals surface area contributed by atoms with E-state index >= 15 is 0 Å². The lowest BCUT2D eigenvalue weighted by atomic mass is 9.88. The Labute approximate surface area is 204 Å². The van der Waals surface area contributed by atoms with Crippen molar-refractivity contribution in [2.45, 2.75) is 51.5 Å². The van der Waals surface area contributed by atoms with Gasteiger partial charge in [-0.25, -0.2) is 21.6 Å². The van der Waals surface area contributed by atoms with Gasteiger partial charge in [0.2, 0.25) is 0 Å². The van der Waals surface area contributed by atoms with E-state index in [0.29, 0.717) is 29.0 Å². The Morgan fingerprint density at radius 2 is 1.53 bits per heavy atom. The highest BCUT2D eigenvalue weighted by molar-refractivity contribution is 7.92. The summed E-state index contributed by atoms with van der Waals surface area (Å²) in [6.07, 6.45) is 1.17.